The average Bonchev–Trinajstić information content (AvgIpc) is 2.30. The maximum Gasteiger partial charge on any atom is 0.331 e. The van der Waals surface area contributed by atoms with Crippen molar-refractivity contribution >= 4 is 5.97 Å². The van der Waals surface area contributed by atoms with Crippen LogP contribution in [-0.4, -0.2) is 23.2 Å². The lowest BCUT2D eigenvalue weighted by Crippen LogP contribution is -2.33. The van der Waals surface area contributed by atoms with E-state index in [1.807, 2.05) is 6.08 Å². The van der Waals surface area contributed by atoms with Crippen molar-refractivity contribution in [2.45, 2.75) is 31.3 Å². The van der Waals surface area contributed by atoms with Crippen molar-refractivity contribution in [3.63, 3.8) is 0 Å². The second-order valence-corrected chi connectivity index (χ2v) is 3.25. The maximum atomic E-state index is 10.6. The van der Waals surface area contributed by atoms with Crippen LogP contribution in [-0.2, 0) is 4.79 Å². The third kappa shape index (κ3) is 1.16. The predicted molar refractivity (Wildman–Crippen MR) is 40.3 cm³/mol. The quantitative estimate of drug-likeness (QED) is 0.577. The molecule has 2 unspecified atom stereocenters. The van der Waals surface area contributed by atoms with E-state index in [9.17, 15) is 4.79 Å². The largest absolute Gasteiger partial charge is 0.478 e. The van der Waals surface area contributed by atoms with E-state index in [4.69, 9.17) is 5.11 Å². The van der Waals surface area contributed by atoms with Crippen LogP contribution >= 0.6 is 0 Å². The summed E-state index contributed by atoms with van der Waals surface area (Å²) in [7, 11) is 0. The zero-order valence-corrected chi connectivity index (χ0v) is 6.21. The van der Waals surface area contributed by atoms with Crippen molar-refractivity contribution < 1.29 is 9.90 Å². The maximum absolute atomic E-state index is 10.6. The van der Waals surface area contributed by atoms with Gasteiger partial charge in [0, 0.05) is 17.7 Å². The van der Waals surface area contributed by atoms with E-state index in [2.05, 4.69) is 5.32 Å². The molecular formula is C8H11NO2. The number of aliphatic carboxylic acids is 1. The molecule has 11 heavy (non-hydrogen) atoms. The highest BCUT2D eigenvalue weighted by atomic mass is 16.4. The van der Waals surface area contributed by atoms with E-state index in [0.717, 1.165) is 12.8 Å². The van der Waals surface area contributed by atoms with Crippen molar-refractivity contribution in [1.82, 2.24) is 5.32 Å². The molecule has 1 fully saturated rings. The van der Waals surface area contributed by atoms with Gasteiger partial charge in [-0.15, -0.1) is 0 Å². The van der Waals surface area contributed by atoms with Crippen LogP contribution in [0.1, 0.15) is 19.3 Å². The normalized spacial score (nSPS) is 35.1. The third-order valence-corrected chi connectivity index (χ3v) is 2.42. The van der Waals surface area contributed by atoms with Gasteiger partial charge in [-0.3, -0.25) is 0 Å². The Kier molecular flexibility index (Phi) is 1.46. The molecule has 0 aromatic carbocycles. The molecule has 3 nitrogen and oxygen atoms in total. The summed E-state index contributed by atoms with van der Waals surface area (Å²) in [5.41, 5.74) is 0.594. The Labute approximate surface area is 65.1 Å². The molecule has 0 amide bonds. The smallest absolute Gasteiger partial charge is 0.331 e. The van der Waals surface area contributed by atoms with E-state index in [-0.39, 0.29) is 0 Å². The highest BCUT2D eigenvalue weighted by Gasteiger charge is 2.29. The highest BCUT2D eigenvalue weighted by molar-refractivity contribution is 5.87. The third-order valence-electron chi connectivity index (χ3n) is 2.42. The Hall–Kier alpha value is -0.830. The summed E-state index contributed by atoms with van der Waals surface area (Å²) in [5, 5.41) is 12.0. The number of carbonyl (C=O) groups is 1. The van der Waals surface area contributed by atoms with E-state index in [0.29, 0.717) is 24.1 Å². The lowest BCUT2D eigenvalue weighted by atomic mass is 10.0. The van der Waals surface area contributed by atoms with Gasteiger partial charge in [0.2, 0.25) is 0 Å². The minimum absolute atomic E-state index is 0.333. The summed E-state index contributed by atoms with van der Waals surface area (Å²) in [6.45, 7) is 0. The molecule has 2 atom stereocenters. The van der Waals surface area contributed by atoms with Gasteiger partial charge in [0.05, 0.1) is 0 Å². The number of rotatable bonds is 1. The Balaban J connectivity index is 2.19. The van der Waals surface area contributed by atoms with Crippen molar-refractivity contribution in [3.05, 3.63) is 11.6 Å². The molecule has 0 spiro atoms. The van der Waals surface area contributed by atoms with Gasteiger partial charge in [0.1, 0.15) is 0 Å². The van der Waals surface area contributed by atoms with E-state index in [1.165, 1.54) is 0 Å². The van der Waals surface area contributed by atoms with E-state index >= 15 is 0 Å². The van der Waals surface area contributed by atoms with Crippen LogP contribution in [0.4, 0.5) is 0 Å². The van der Waals surface area contributed by atoms with Gasteiger partial charge in [-0.1, -0.05) is 6.08 Å². The van der Waals surface area contributed by atoms with E-state index in [1.54, 1.807) is 0 Å². The fraction of sp³-hybridized carbons (Fsp3) is 0.625. The fourth-order valence-corrected chi connectivity index (χ4v) is 1.88. The van der Waals surface area contributed by atoms with Crippen LogP contribution in [0.5, 0.6) is 0 Å². The first-order valence-corrected chi connectivity index (χ1v) is 3.96. The molecule has 2 N–H and O–H groups in total. The Morgan fingerprint density at radius 2 is 2.45 bits per heavy atom. The SMILES string of the molecule is O=C(O)C1=CC2CCC(C1)N2. The number of hydrogen-bond donors (Lipinski definition) is 2. The van der Waals surface area contributed by atoms with Crippen LogP contribution in [0.3, 0.4) is 0 Å². The van der Waals surface area contributed by atoms with Crippen LogP contribution in [0.25, 0.3) is 0 Å². The summed E-state index contributed by atoms with van der Waals surface area (Å²) >= 11 is 0. The molecule has 1 saturated heterocycles. The summed E-state index contributed by atoms with van der Waals surface area (Å²) in [5.74, 6) is -0.747. The summed E-state index contributed by atoms with van der Waals surface area (Å²) in [4.78, 5) is 10.6. The molecule has 2 aliphatic rings. The molecule has 0 aliphatic carbocycles. The molecule has 2 aliphatic heterocycles. The summed E-state index contributed by atoms with van der Waals surface area (Å²) in [6.07, 6.45) is 4.77. The zero-order chi connectivity index (χ0) is 7.84. The van der Waals surface area contributed by atoms with Crippen LogP contribution in [0, 0.1) is 0 Å². The van der Waals surface area contributed by atoms with Gasteiger partial charge >= 0.3 is 5.97 Å². The highest BCUT2D eigenvalue weighted by Crippen LogP contribution is 2.25. The van der Waals surface area contributed by atoms with Gasteiger partial charge in [0.15, 0.2) is 0 Å². The van der Waals surface area contributed by atoms with Crippen LogP contribution in [0.2, 0.25) is 0 Å². The standard InChI is InChI=1S/C8H11NO2/c10-8(11)5-3-6-1-2-7(4-5)9-6/h3,6-7,9H,1-2,4H2,(H,10,11). The lowest BCUT2D eigenvalue weighted by Gasteiger charge is -2.18. The van der Waals surface area contributed by atoms with Gasteiger partial charge in [-0.2, -0.15) is 0 Å². The topological polar surface area (TPSA) is 49.3 Å². The number of fused-ring (bicyclic) bond motifs is 2. The van der Waals surface area contributed by atoms with Crippen LogP contribution in [0.15, 0.2) is 11.6 Å². The molecule has 0 aromatic rings. The number of hydrogen-bond acceptors (Lipinski definition) is 2. The molecule has 2 bridgehead atoms. The van der Waals surface area contributed by atoms with Crippen molar-refractivity contribution in [3.8, 4) is 0 Å². The molecule has 0 aromatic heterocycles. The molecule has 2 rings (SSSR count). The van der Waals surface area contributed by atoms with Gasteiger partial charge < -0.3 is 10.4 Å². The average molecular weight is 153 g/mol. The first-order chi connectivity index (χ1) is 5.25. The molecule has 3 heteroatoms. The summed E-state index contributed by atoms with van der Waals surface area (Å²) in [6, 6.07) is 0.760. The molecule has 2 heterocycles. The minimum Gasteiger partial charge on any atom is -0.478 e. The van der Waals surface area contributed by atoms with E-state index < -0.39 is 5.97 Å². The predicted octanol–water partition coefficient (Wildman–Crippen LogP) is 0.522. The van der Waals surface area contributed by atoms with Gasteiger partial charge in [0.25, 0.3) is 0 Å². The van der Waals surface area contributed by atoms with Crippen LogP contribution < -0.4 is 5.32 Å². The molecule has 0 saturated carbocycles. The Bertz CT molecular complexity index is 222. The number of carboxylic acid groups (broad SMARTS) is 1. The Morgan fingerprint density at radius 1 is 1.64 bits per heavy atom. The van der Waals surface area contributed by atoms with Gasteiger partial charge in [-0.25, -0.2) is 4.79 Å². The number of nitrogens with one attached hydrogen (secondary N) is 1. The van der Waals surface area contributed by atoms with Crippen molar-refractivity contribution in [1.29, 1.82) is 0 Å². The molecular weight excluding hydrogens is 142 g/mol. The molecule has 0 radical (unpaired) electrons. The second-order valence-electron chi connectivity index (χ2n) is 3.25. The first kappa shape index (κ1) is 6.85. The minimum atomic E-state index is -0.747. The second kappa shape index (κ2) is 2.34. The molecule has 60 valence electrons. The van der Waals surface area contributed by atoms with Crippen molar-refractivity contribution in [2.24, 2.45) is 0 Å². The first-order valence-electron chi connectivity index (χ1n) is 3.96. The van der Waals surface area contributed by atoms with Crippen molar-refractivity contribution in [2.75, 3.05) is 0 Å². The number of carboxylic acids is 1. The lowest BCUT2D eigenvalue weighted by molar-refractivity contribution is -0.132. The Morgan fingerprint density at radius 3 is 3.09 bits per heavy atom. The summed E-state index contributed by atoms with van der Waals surface area (Å²) < 4.78 is 0. The monoisotopic (exact) mass is 153 g/mol. The zero-order valence-electron chi connectivity index (χ0n) is 6.21. The van der Waals surface area contributed by atoms with Gasteiger partial charge in [-0.05, 0) is 19.3 Å². The fourth-order valence-electron chi connectivity index (χ4n) is 1.88.